The van der Waals surface area contributed by atoms with Gasteiger partial charge in [-0.25, -0.2) is 9.67 Å². The normalized spacial score (nSPS) is 10.5. The first kappa shape index (κ1) is 9.86. The van der Waals surface area contributed by atoms with Crippen molar-refractivity contribution < 1.29 is 0 Å². The van der Waals surface area contributed by atoms with Crippen LogP contribution in [0.25, 0.3) is 5.69 Å². The molecule has 4 nitrogen and oxygen atoms in total. The number of para-hydroxylation sites is 1. The van der Waals surface area contributed by atoms with E-state index >= 15 is 0 Å². The average molecular weight is 202 g/mol. The maximum absolute atomic E-state index is 5.53. The molecular weight excluding hydrogens is 188 g/mol. The van der Waals surface area contributed by atoms with E-state index in [2.05, 4.69) is 17.0 Å². The van der Waals surface area contributed by atoms with Gasteiger partial charge in [-0.3, -0.25) is 0 Å². The summed E-state index contributed by atoms with van der Waals surface area (Å²) in [5.41, 5.74) is 6.56. The number of rotatable bonds is 3. The molecule has 1 aromatic carbocycles. The van der Waals surface area contributed by atoms with Crippen LogP contribution in [0.4, 0.5) is 0 Å². The summed E-state index contributed by atoms with van der Waals surface area (Å²) in [6, 6.07) is 9.97. The Morgan fingerprint density at radius 2 is 2.00 bits per heavy atom. The molecule has 2 N–H and O–H groups in total. The van der Waals surface area contributed by atoms with Crippen LogP contribution >= 0.6 is 0 Å². The van der Waals surface area contributed by atoms with Gasteiger partial charge in [0.25, 0.3) is 0 Å². The molecule has 0 aliphatic carbocycles. The lowest BCUT2D eigenvalue weighted by Gasteiger charge is -2.02. The van der Waals surface area contributed by atoms with Gasteiger partial charge in [-0.05, 0) is 12.1 Å². The summed E-state index contributed by atoms with van der Waals surface area (Å²) >= 11 is 0. The van der Waals surface area contributed by atoms with E-state index in [0.29, 0.717) is 12.4 Å². The molecule has 1 aromatic heterocycles. The van der Waals surface area contributed by atoms with Crippen molar-refractivity contribution in [1.82, 2.24) is 14.8 Å². The highest BCUT2D eigenvalue weighted by atomic mass is 15.4. The van der Waals surface area contributed by atoms with Gasteiger partial charge in [-0.1, -0.05) is 25.1 Å². The highest BCUT2D eigenvalue weighted by Crippen LogP contribution is 2.09. The summed E-state index contributed by atoms with van der Waals surface area (Å²) in [5, 5.41) is 4.35. The number of aryl methyl sites for hydroxylation is 1. The molecule has 0 bridgehead atoms. The molecule has 4 heteroatoms. The Morgan fingerprint density at radius 1 is 1.27 bits per heavy atom. The van der Waals surface area contributed by atoms with Crippen molar-refractivity contribution >= 4 is 0 Å². The van der Waals surface area contributed by atoms with Crippen molar-refractivity contribution in [1.29, 1.82) is 0 Å². The Labute approximate surface area is 88.8 Å². The van der Waals surface area contributed by atoms with Gasteiger partial charge in [0.15, 0.2) is 5.82 Å². The largest absolute Gasteiger partial charge is 0.324 e. The van der Waals surface area contributed by atoms with Crippen LogP contribution in [-0.2, 0) is 13.0 Å². The Morgan fingerprint density at radius 3 is 2.60 bits per heavy atom. The van der Waals surface area contributed by atoms with Crippen molar-refractivity contribution in [3.05, 3.63) is 42.0 Å². The summed E-state index contributed by atoms with van der Waals surface area (Å²) < 4.78 is 1.85. The van der Waals surface area contributed by atoms with Crippen LogP contribution in [0.2, 0.25) is 0 Å². The molecule has 0 aliphatic heterocycles. The summed E-state index contributed by atoms with van der Waals surface area (Å²) in [7, 11) is 0. The number of aromatic nitrogens is 3. The molecule has 2 aromatic rings. The van der Waals surface area contributed by atoms with Crippen LogP contribution in [0.15, 0.2) is 30.3 Å². The third kappa shape index (κ3) is 1.89. The molecule has 0 amide bonds. The fraction of sp³-hybridized carbons (Fsp3) is 0.273. The van der Waals surface area contributed by atoms with Crippen LogP contribution in [0.1, 0.15) is 18.6 Å². The highest BCUT2D eigenvalue weighted by molar-refractivity contribution is 5.31. The molecule has 0 saturated heterocycles. The van der Waals surface area contributed by atoms with E-state index in [9.17, 15) is 0 Å². The van der Waals surface area contributed by atoms with Crippen molar-refractivity contribution in [3.8, 4) is 5.69 Å². The smallest absolute Gasteiger partial charge is 0.164 e. The number of nitrogens with zero attached hydrogens (tertiary/aromatic N) is 3. The standard InChI is InChI=1S/C11H14N4/c1-2-11-13-10(8-12)14-15(11)9-6-4-3-5-7-9/h3-7H,2,8,12H2,1H3. The van der Waals surface area contributed by atoms with E-state index in [1.54, 1.807) is 0 Å². The molecule has 2 rings (SSSR count). The van der Waals surface area contributed by atoms with E-state index in [0.717, 1.165) is 17.9 Å². The molecule has 1 heterocycles. The minimum absolute atomic E-state index is 0.382. The minimum atomic E-state index is 0.382. The highest BCUT2D eigenvalue weighted by Gasteiger charge is 2.07. The van der Waals surface area contributed by atoms with Gasteiger partial charge in [0, 0.05) is 6.42 Å². The van der Waals surface area contributed by atoms with Crippen molar-refractivity contribution in [2.75, 3.05) is 0 Å². The molecule has 0 atom stereocenters. The molecule has 0 spiro atoms. The van der Waals surface area contributed by atoms with E-state index in [-0.39, 0.29) is 0 Å². The second-order valence-corrected chi connectivity index (χ2v) is 3.25. The topological polar surface area (TPSA) is 56.7 Å². The maximum atomic E-state index is 5.53. The molecule has 15 heavy (non-hydrogen) atoms. The number of hydrogen-bond donors (Lipinski definition) is 1. The molecule has 0 unspecified atom stereocenters. The number of benzene rings is 1. The summed E-state index contributed by atoms with van der Waals surface area (Å²) in [6.07, 6.45) is 0.849. The SMILES string of the molecule is CCc1nc(CN)nn1-c1ccccc1. The van der Waals surface area contributed by atoms with Gasteiger partial charge in [0.05, 0.1) is 12.2 Å². The van der Waals surface area contributed by atoms with Crippen LogP contribution < -0.4 is 5.73 Å². The molecule has 78 valence electrons. The molecular formula is C11H14N4. The number of nitrogens with two attached hydrogens (primary N) is 1. The van der Waals surface area contributed by atoms with Gasteiger partial charge < -0.3 is 5.73 Å². The third-order valence-corrected chi connectivity index (χ3v) is 2.22. The predicted octanol–water partition coefficient (Wildman–Crippen LogP) is 1.29. The monoisotopic (exact) mass is 202 g/mol. The zero-order valence-electron chi connectivity index (χ0n) is 8.72. The second-order valence-electron chi connectivity index (χ2n) is 3.25. The van der Waals surface area contributed by atoms with Crippen molar-refractivity contribution in [2.45, 2.75) is 19.9 Å². The first-order valence-corrected chi connectivity index (χ1v) is 5.05. The number of hydrogen-bond acceptors (Lipinski definition) is 3. The van der Waals surface area contributed by atoms with Gasteiger partial charge in [-0.2, -0.15) is 0 Å². The lowest BCUT2D eigenvalue weighted by atomic mass is 10.3. The van der Waals surface area contributed by atoms with Crippen molar-refractivity contribution in [2.24, 2.45) is 5.73 Å². The van der Waals surface area contributed by atoms with Crippen molar-refractivity contribution in [3.63, 3.8) is 0 Å². The zero-order chi connectivity index (χ0) is 10.7. The molecule has 0 aliphatic rings. The first-order valence-electron chi connectivity index (χ1n) is 5.05. The summed E-state index contributed by atoms with van der Waals surface area (Å²) in [4.78, 5) is 4.35. The lowest BCUT2D eigenvalue weighted by Crippen LogP contribution is -2.02. The van der Waals surface area contributed by atoms with Crippen LogP contribution in [-0.4, -0.2) is 14.8 Å². The first-order chi connectivity index (χ1) is 7.35. The van der Waals surface area contributed by atoms with Crippen LogP contribution in [0.5, 0.6) is 0 Å². The zero-order valence-corrected chi connectivity index (χ0v) is 8.72. The van der Waals surface area contributed by atoms with Gasteiger partial charge in [0.2, 0.25) is 0 Å². The second kappa shape index (κ2) is 4.23. The van der Waals surface area contributed by atoms with Gasteiger partial charge in [0.1, 0.15) is 5.82 Å². The molecule has 0 fully saturated rings. The quantitative estimate of drug-likeness (QED) is 0.815. The van der Waals surface area contributed by atoms with Gasteiger partial charge >= 0.3 is 0 Å². The Kier molecular flexibility index (Phi) is 2.78. The Balaban J connectivity index is 2.47. The summed E-state index contributed by atoms with van der Waals surface area (Å²) in [5.74, 6) is 1.64. The Bertz CT molecular complexity index is 433. The van der Waals surface area contributed by atoms with Crippen LogP contribution in [0.3, 0.4) is 0 Å². The van der Waals surface area contributed by atoms with Crippen LogP contribution in [0, 0.1) is 0 Å². The van der Waals surface area contributed by atoms with E-state index < -0.39 is 0 Å². The average Bonchev–Trinajstić information content (AvgIpc) is 2.73. The fourth-order valence-corrected chi connectivity index (χ4v) is 1.48. The summed E-state index contributed by atoms with van der Waals surface area (Å²) in [6.45, 7) is 2.44. The fourth-order valence-electron chi connectivity index (χ4n) is 1.48. The molecule has 0 saturated carbocycles. The molecule has 0 radical (unpaired) electrons. The van der Waals surface area contributed by atoms with E-state index in [1.165, 1.54) is 0 Å². The minimum Gasteiger partial charge on any atom is -0.324 e. The third-order valence-electron chi connectivity index (χ3n) is 2.22. The Hall–Kier alpha value is -1.68. The lowest BCUT2D eigenvalue weighted by molar-refractivity contribution is 0.788. The van der Waals surface area contributed by atoms with E-state index in [4.69, 9.17) is 5.73 Å². The maximum Gasteiger partial charge on any atom is 0.164 e. The predicted molar refractivity (Wildman–Crippen MR) is 58.6 cm³/mol. The van der Waals surface area contributed by atoms with Gasteiger partial charge in [-0.15, -0.1) is 5.10 Å². The van der Waals surface area contributed by atoms with E-state index in [1.807, 2.05) is 35.0 Å².